The summed E-state index contributed by atoms with van der Waals surface area (Å²) in [4.78, 5) is 16.7. The highest BCUT2D eigenvalue weighted by Crippen LogP contribution is 2.31. The Morgan fingerprint density at radius 1 is 1.25 bits per heavy atom. The summed E-state index contributed by atoms with van der Waals surface area (Å²) < 4.78 is 11.8. The van der Waals surface area contributed by atoms with E-state index in [2.05, 4.69) is 17.9 Å². The lowest BCUT2D eigenvalue weighted by Crippen LogP contribution is -2.57. The maximum Gasteiger partial charge on any atom is 0.410 e. The molecule has 0 radical (unpaired) electrons. The predicted octanol–water partition coefficient (Wildman–Crippen LogP) is 3.86. The van der Waals surface area contributed by atoms with Crippen molar-refractivity contribution in [2.75, 3.05) is 26.2 Å². The van der Waals surface area contributed by atoms with Crippen molar-refractivity contribution in [1.29, 1.82) is 5.26 Å². The maximum atomic E-state index is 12.5. The number of hydrogen-bond donors (Lipinski definition) is 0. The van der Waals surface area contributed by atoms with Crippen LogP contribution in [0.2, 0.25) is 0 Å². The topological polar surface area (TPSA) is 65.8 Å². The van der Waals surface area contributed by atoms with Crippen molar-refractivity contribution >= 4 is 6.09 Å². The van der Waals surface area contributed by atoms with Crippen molar-refractivity contribution in [2.24, 2.45) is 11.8 Å². The number of likely N-dealkylation sites (tertiary alicyclic amines) is 2. The minimum Gasteiger partial charge on any atom is -0.475 e. The number of fused-ring (bicyclic) bond motifs is 2. The normalized spacial score (nSPS) is 23.6. The van der Waals surface area contributed by atoms with Crippen LogP contribution in [0.3, 0.4) is 0 Å². The third kappa shape index (κ3) is 5.17. The first-order valence-electron chi connectivity index (χ1n) is 10.2. The zero-order valence-corrected chi connectivity index (χ0v) is 17.4. The summed E-state index contributed by atoms with van der Waals surface area (Å²) in [6.07, 6.45) is 1.79. The molecule has 1 amide bonds. The van der Waals surface area contributed by atoms with Crippen LogP contribution in [0.15, 0.2) is 24.3 Å². The van der Waals surface area contributed by atoms with Gasteiger partial charge in [-0.3, -0.25) is 4.90 Å². The largest absolute Gasteiger partial charge is 0.475 e. The van der Waals surface area contributed by atoms with Crippen LogP contribution in [-0.2, 0) is 4.74 Å². The van der Waals surface area contributed by atoms with E-state index in [0.717, 1.165) is 44.8 Å². The molecule has 2 aliphatic heterocycles. The van der Waals surface area contributed by atoms with E-state index in [1.165, 1.54) is 0 Å². The van der Waals surface area contributed by atoms with E-state index in [0.29, 0.717) is 17.4 Å². The molecule has 2 aliphatic rings. The van der Waals surface area contributed by atoms with Crippen molar-refractivity contribution in [3.05, 3.63) is 29.8 Å². The molecule has 3 rings (SSSR count). The number of carbonyl (C=O) groups is 1. The lowest BCUT2D eigenvalue weighted by molar-refractivity contribution is -0.0555. The molecule has 6 nitrogen and oxygen atoms in total. The van der Waals surface area contributed by atoms with Crippen LogP contribution in [0, 0.1) is 23.2 Å². The highest BCUT2D eigenvalue weighted by molar-refractivity contribution is 5.68. The molecule has 0 aliphatic carbocycles. The number of hydrogen-bond acceptors (Lipinski definition) is 5. The Hall–Kier alpha value is -2.26. The number of ether oxygens (including phenoxy) is 2. The number of piperidine rings is 2. The van der Waals surface area contributed by atoms with Gasteiger partial charge in [0.25, 0.3) is 0 Å². The van der Waals surface area contributed by atoms with E-state index in [4.69, 9.17) is 14.7 Å². The highest BCUT2D eigenvalue weighted by atomic mass is 16.6. The highest BCUT2D eigenvalue weighted by Gasteiger charge is 2.39. The van der Waals surface area contributed by atoms with Crippen molar-refractivity contribution < 1.29 is 14.3 Å². The fourth-order valence-electron chi connectivity index (χ4n) is 4.24. The summed E-state index contributed by atoms with van der Waals surface area (Å²) in [5.41, 5.74) is 0.144. The zero-order chi connectivity index (χ0) is 20.3. The number of benzene rings is 1. The molecular formula is C22H31N3O3. The fraction of sp³-hybridized carbons (Fsp3) is 0.636. The Labute approximate surface area is 168 Å². The number of amides is 1. The van der Waals surface area contributed by atoms with Gasteiger partial charge >= 0.3 is 6.09 Å². The molecule has 2 heterocycles. The molecule has 0 N–H and O–H groups in total. The number of rotatable bonds is 4. The van der Waals surface area contributed by atoms with Gasteiger partial charge in [-0.25, -0.2) is 4.79 Å². The van der Waals surface area contributed by atoms with Crippen molar-refractivity contribution in [2.45, 2.75) is 52.4 Å². The SMILES string of the molecule is CCC(Oc1cccc(C#N)c1)N1CC2CC(CN(C(=O)OC(C)(C)C)C2)C1. The molecule has 3 unspecified atom stereocenters. The molecule has 6 heteroatoms. The fourth-order valence-corrected chi connectivity index (χ4v) is 4.24. The van der Waals surface area contributed by atoms with E-state index >= 15 is 0 Å². The molecule has 1 aromatic rings. The average Bonchev–Trinajstić information content (AvgIpc) is 2.64. The first-order valence-corrected chi connectivity index (χ1v) is 10.2. The van der Waals surface area contributed by atoms with Gasteiger partial charge < -0.3 is 14.4 Å². The van der Waals surface area contributed by atoms with E-state index in [-0.39, 0.29) is 12.3 Å². The second-order valence-corrected chi connectivity index (χ2v) is 8.93. The second-order valence-electron chi connectivity index (χ2n) is 8.93. The van der Waals surface area contributed by atoms with Gasteiger partial charge in [0, 0.05) is 26.2 Å². The minimum absolute atomic E-state index is 0.0210. The van der Waals surface area contributed by atoms with Gasteiger partial charge in [0.15, 0.2) is 6.23 Å². The van der Waals surface area contributed by atoms with Crippen molar-refractivity contribution in [3.8, 4) is 11.8 Å². The molecule has 3 atom stereocenters. The number of nitriles is 1. The lowest BCUT2D eigenvalue weighted by atomic mass is 9.84. The quantitative estimate of drug-likeness (QED) is 0.787. The standard InChI is InChI=1S/C22H31N3O3/c1-5-20(27-19-8-6-7-16(10-19)11-23)24-12-17-9-18(13-24)15-25(14-17)21(26)28-22(2,3)4/h6-8,10,17-18,20H,5,9,12-15H2,1-4H3. The van der Waals surface area contributed by atoms with Crippen molar-refractivity contribution in [3.63, 3.8) is 0 Å². The Kier molecular flexibility index (Phi) is 6.14. The molecule has 2 fully saturated rings. The Morgan fingerprint density at radius 2 is 1.93 bits per heavy atom. The van der Waals surface area contributed by atoms with Crippen LogP contribution in [0.1, 0.15) is 46.1 Å². The smallest absolute Gasteiger partial charge is 0.410 e. The molecule has 2 bridgehead atoms. The molecule has 0 saturated carbocycles. The maximum absolute atomic E-state index is 12.5. The average molecular weight is 386 g/mol. The van der Waals surface area contributed by atoms with Gasteiger partial charge in [-0.05, 0) is 63.6 Å². The van der Waals surface area contributed by atoms with Gasteiger partial charge in [0.05, 0.1) is 11.6 Å². The molecule has 2 saturated heterocycles. The first-order chi connectivity index (χ1) is 13.3. The summed E-state index contributed by atoms with van der Waals surface area (Å²) in [6, 6.07) is 9.48. The predicted molar refractivity (Wildman–Crippen MR) is 107 cm³/mol. The van der Waals surface area contributed by atoms with Crippen LogP contribution in [0.5, 0.6) is 5.75 Å². The van der Waals surface area contributed by atoms with Crippen LogP contribution in [-0.4, -0.2) is 53.9 Å². The van der Waals surface area contributed by atoms with Crippen LogP contribution >= 0.6 is 0 Å². The summed E-state index contributed by atoms with van der Waals surface area (Å²) in [5, 5.41) is 9.09. The lowest BCUT2D eigenvalue weighted by Gasteiger charge is -2.47. The summed E-state index contributed by atoms with van der Waals surface area (Å²) in [7, 11) is 0. The van der Waals surface area contributed by atoms with E-state index in [1.54, 1.807) is 12.1 Å². The third-order valence-electron chi connectivity index (χ3n) is 5.25. The van der Waals surface area contributed by atoms with Gasteiger partial charge in [-0.2, -0.15) is 5.26 Å². The Morgan fingerprint density at radius 3 is 2.50 bits per heavy atom. The molecule has 0 spiro atoms. The van der Waals surface area contributed by atoms with Crippen LogP contribution < -0.4 is 4.74 Å². The van der Waals surface area contributed by atoms with Crippen LogP contribution in [0.25, 0.3) is 0 Å². The Balaban J connectivity index is 1.62. The number of nitrogens with zero attached hydrogens (tertiary/aromatic N) is 3. The van der Waals surface area contributed by atoms with E-state index < -0.39 is 5.60 Å². The minimum atomic E-state index is -0.464. The second kappa shape index (κ2) is 8.40. The molecule has 0 aromatic heterocycles. The summed E-state index contributed by atoms with van der Waals surface area (Å²) >= 11 is 0. The van der Waals surface area contributed by atoms with Gasteiger partial charge in [0.1, 0.15) is 11.4 Å². The van der Waals surface area contributed by atoms with E-state index in [9.17, 15) is 4.79 Å². The Bertz CT molecular complexity index is 723. The van der Waals surface area contributed by atoms with Gasteiger partial charge in [-0.1, -0.05) is 13.0 Å². The van der Waals surface area contributed by atoms with Gasteiger partial charge in [-0.15, -0.1) is 0 Å². The van der Waals surface area contributed by atoms with Gasteiger partial charge in [0.2, 0.25) is 0 Å². The summed E-state index contributed by atoms with van der Waals surface area (Å²) in [6.45, 7) is 11.1. The van der Waals surface area contributed by atoms with Crippen LogP contribution in [0.4, 0.5) is 4.79 Å². The molecular weight excluding hydrogens is 354 g/mol. The summed E-state index contributed by atoms with van der Waals surface area (Å²) in [5.74, 6) is 1.60. The zero-order valence-electron chi connectivity index (χ0n) is 17.4. The first kappa shape index (κ1) is 20.5. The third-order valence-corrected chi connectivity index (χ3v) is 5.25. The van der Waals surface area contributed by atoms with Crippen molar-refractivity contribution in [1.82, 2.24) is 9.80 Å². The van der Waals surface area contributed by atoms with E-state index in [1.807, 2.05) is 37.8 Å². The molecule has 28 heavy (non-hydrogen) atoms. The molecule has 152 valence electrons. The molecule has 1 aromatic carbocycles. The monoisotopic (exact) mass is 385 g/mol. The number of carbonyl (C=O) groups excluding carboxylic acids is 1.